The highest BCUT2D eigenvalue weighted by atomic mass is 19.4. The first-order chi connectivity index (χ1) is 15.2. The Morgan fingerprint density at radius 2 is 1.62 bits per heavy atom. The van der Waals surface area contributed by atoms with E-state index in [1.807, 2.05) is 0 Å². The van der Waals surface area contributed by atoms with Crippen molar-refractivity contribution in [2.45, 2.75) is 6.18 Å². The van der Waals surface area contributed by atoms with Gasteiger partial charge in [0.05, 0.1) is 16.8 Å². The highest BCUT2D eigenvalue weighted by Gasteiger charge is 2.35. The van der Waals surface area contributed by atoms with E-state index in [-0.39, 0.29) is 29.4 Å². The Morgan fingerprint density at radius 3 is 2.34 bits per heavy atom. The second kappa shape index (κ2) is 8.22. The van der Waals surface area contributed by atoms with Gasteiger partial charge in [0, 0.05) is 11.3 Å². The van der Waals surface area contributed by atoms with Gasteiger partial charge >= 0.3 is 6.18 Å². The molecular weight excluding hydrogens is 432 g/mol. The number of carbonyl (C=O) groups excluding carboxylic acids is 2. The first-order valence-electron chi connectivity index (χ1n) is 9.20. The molecule has 0 atom stereocenters. The van der Waals surface area contributed by atoms with Crippen molar-refractivity contribution >= 4 is 23.2 Å². The highest BCUT2D eigenvalue weighted by molar-refractivity contribution is 6.08. The number of ether oxygens (including phenoxy) is 2. The Morgan fingerprint density at radius 1 is 0.875 bits per heavy atom. The van der Waals surface area contributed by atoms with Crippen molar-refractivity contribution in [1.82, 2.24) is 0 Å². The average molecular weight is 446 g/mol. The van der Waals surface area contributed by atoms with Gasteiger partial charge in [-0.25, -0.2) is 4.39 Å². The van der Waals surface area contributed by atoms with Gasteiger partial charge in [-0.2, -0.15) is 13.2 Å². The normalized spacial score (nSPS) is 12.4. The zero-order valence-electron chi connectivity index (χ0n) is 16.1. The Bertz CT molecular complexity index is 1190. The van der Waals surface area contributed by atoms with Crippen molar-refractivity contribution in [1.29, 1.82) is 0 Å². The van der Waals surface area contributed by atoms with Crippen LogP contribution >= 0.6 is 0 Å². The predicted molar refractivity (Wildman–Crippen MR) is 106 cm³/mol. The van der Waals surface area contributed by atoms with Crippen LogP contribution in [0.25, 0.3) is 0 Å². The van der Waals surface area contributed by atoms with Crippen LogP contribution in [-0.2, 0) is 6.18 Å². The van der Waals surface area contributed by atoms with Crippen LogP contribution in [0, 0.1) is 5.82 Å². The fraction of sp³-hybridized carbons (Fsp3) is 0.0909. The molecule has 0 radical (unpaired) electrons. The summed E-state index contributed by atoms with van der Waals surface area (Å²) in [7, 11) is 0. The second-order valence-corrected chi connectivity index (χ2v) is 6.71. The summed E-state index contributed by atoms with van der Waals surface area (Å²) >= 11 is 0. The number of nitrogens with one attached hydrogen (secondary N) is 2. The van der Waals surface area contributed by atoms with E-state index in [4.69, 9.17) is 9.47 Å². The van der Waals surface area contributed by atoms with Gasteiger partial charge in [-0.05, 0) is 54.6 Å². The summed E-state index contributed by atoms with van der Waals surface area (Å²) < 4.78 is 64.4. The fourth-order valence-corrected chi connectivity index (χ4v) is 3.07. The lowest BCUT2D eigenvalue weighted by Gasteiger charge is -2.16. The molecule has 1 heterocycles. The lowest BCUT2D eigenvalue weighted by atomic mass is 10.1. The Hall–Kier alpha value is -4.08. The standard InChI is InChI=1S/C22H14F4N2O4/c23-13-6-4-12(5-7-13)20(29)27-14-8-9-17(16(10-14)22(24,25)26)28-21(30)15-2-1-3-18-19(15)32-11-31-18/h1-10H,11H2,(H,27,29)(H,28,30). The molecule has 3 aromatic rings. The van der Waals surface area contributed by atoms with E-state index in [0.717, 1.165) is 18.2 Å². The zero-order chi connectivity index (χ0) is 22.9. The molecule has 32 heavy (non-hydrogen) atoms. The first kappa shape index (κ1) is 21.2. The van der Waals surface area contributed by atoms with Crippen molar-refractivity contribution in [2.24, 2.45) is 0 Å². The molecule has 0 fully saturated rings. The molecule has 0 spiro atoms. The quantitative estimate of drug-likeness (QED) is 0.549. The molecule has 10 heteroatoms. The maximum atomic E-state index is 13.7. The summed E-state index contributed by atoms with van der Waals surface area (Å²) in [4.78, 5) is 24.8. The minimum Gasteiger partial charge on any atom is -0.454 e. The molecule has 164 valence electrons. The van der Waals surface area contributed by atoms with Crippen LogP contribution < -0.4 is 20.1 Å². The average Bonchev–Trinajstić information content (AvgIpc) is 3.23. The monoisotopic (exact) mass is 446 g/mol. The number of hydrogen-bond donors (Lipinski definition) is 2. The topological polar surface area (TPSA) is 76.7 Å². The van der Waals surface area contributed by atoms with Gasteiger partial charge in [0.15, 0.2) is 11.5 Å². The van der Waals surface area contributed by atoms with E-state index < -0.39 is 35.1 Å². The Balaban J connectivity index is 1.59. The van der Waals surface area contributed by atoms with Crippen molar-refractivity contribution in [2.75, 3.05) is 17.4 Å². The number of rotatable bonds is 4. The molecule has 0 saturated heterocycles. The van der Waals surface area contributed by atoms with Gasteiger partial charge in [0.2, 0.25) is 6.79 Å². The Kier molecular flexibility index (Phi) is 5.43. The van der Waals surface area contributed by atoms with Gasteiger partial charge < -0.3 is 20.1 Å². The van der Waals surface area contributed by atoms with Crippen molar-refractivity contribution in [3.8, 4) is 11.5 Å². The van der Waals surface area contributed by atoms with Crippen LogP contribution in [0.4, 0.5) is 28.9 Å². The third-order valence-corrected chi connectivity index (χ3v) is 4.58. The van der Waals surface area contributed by atoms with Gasteiger partial charge in [0.1, 0.15) is 5.82 Å². The molecule has 0 unspecified atom stereocenters. The highest BCUT2D eigenvalue weighted by Crippen LogP contribution is 2.39. The number of carbonyl (C=O) groups is 2. The lowest BCUT2D eigenvalue weighted by Crippen LogP contribution is -2.18. The number of alkyl halides is 3. The molecule has 2 N–H and O–H groups in total. The van der Waals surface area contributed by atoms with Crippen molar-refractivity contribution < 1.29 is 36.6 Å². The third-order valence-electron chi connectivity index (χ3n) is 4.58. The fourth-order valence-electron chi connectivity index (χ4n) is 3.07. The number of para-hydroxylation sites is 1. The maximum Gasteiger partial charge on any atom is 0.418 e. The van der Waals surface area contributed by atoms with Crippen molar-refractivity contribution in [3.63, 3.8) is 0 Å². The number of halogens is 4. The third kappa shape index (κ3) is 4.34. The van der Waals surface area contributed by atoms with Crippen LogP contribution in [0.3, 0.4) is 0 Å². The molecular formula is C22H14F4N2O4. The summed E-state index contributed by atoms with van der Waals surface area (Å²) in [5.41, 5.74) is -1.73. The van der Waals surface area contributed by atoms with Crippen LogP contribution in [0.1, 0.15) is 26.3 Å². The smallest absolute Gasteiger partial charge is 0.418 e. The SMILES string of the molecule is O=C(Nc1ccc(NC(=O)c2cccc3c2OCO3)c(C(F)(F)F)c1)c1ccc(F)cc1. The Labute approximate surface area is 178 Å². The number of anilines is 2. The van der Waals surface area contributed by atoms with Crippen LogP contribution in [0.2, 0.25) is 0 Å². The largest absolute Gasteiger partial charge is 0.454 e. The number of benzene rings is 3. The molecule has 2 amide bonds. The number of amides is 2. The molecule has 6 nitrogen and oxygen atoms in total. The van der Waals surface area contributed by atoms with E-state index in [9.17, 15) is 27.2 Å². The van der Waals surface area contributed by atoms with Gasteiger partial charge in [-0.1, -0.05) is 6.07 Å². The summed E-state index contributed by atoms with van der Waals surface area (Å²) in [6, 6.07) is 11.9. The summed E-state index contributed by atoms with van der Waals surface area (Å²) in [6.07, 6.45) is -4.82. The summed E-state index contributed by atoms with van der Waals surface area (Å²) in [6.45, 7) is -0.101. The second-order valence-electron chi connectivity index (χ2n) is 6.71. The van der Waals surface area contributed by atoms with Gasteiger partial charge in [-0.3, -0.25) is 9.59 Å². The van der Waals surface area contributed by atoms with Crippen molar-refractivity contribution in [3.05, 3.63) is 83.2 Å². The number of hydrogen-bond acceptors (Lipinski definition) is 4. The zero-order valence-corrected chi connectivity index (χ0v) is 16.1. The molecule has 0 aromatic heterocycles. The lowest BCUT2D eigenvalue weighted by molar-refractivity contribution is -0.136. The predicted octanol–water partition coefficient (Wildman–Crippen LogP) is 5.08. The van der Waals surface area contributed by atoms with Crippen LogP contribution in [0.5, 0.6) is 11.5 Å². The maximum absolute atomic E-state index is 13.7. The molecule has 3 aromatic carbocycles. The van der Waals surface area contributed by atoms with Gasteiger partial charge in [0.25, 0.3) is 11.8 Å². The minimum atomic E-state index is -4.82. The number of fused-ring (bicyclic) bond motifs is 1. The van der Waals surface area contributed by atoms with Gasteiger partial charge in [-0.15, -0.1) is 0 Å². The molecule has 0 aliphatic carbocycles. The van der Waals surface area contributed by atoms with E-state index in [1.165, 1.54) is 30.3 Å². The summed E-state index contributed by atoms with van der Waals surface area (Å²) in [5.74, 6) is -1.64. The van der Waals surface area contributed by atoms with Crippen LogP contribution in [0.15, 0.2) is 60.7 Å². The molecule has 4 rings (SSSR count). The first-order valence-corrected chi connectivity index (χ1v) is 9.20. The van der Waals surface area contributed by atoms with Crippen LogP contribution in [-0.4, -0.2) is 18.6 Å². The molecule has 1 aliphatic heterocycles. The molecule has 0 saturated carbocycles. The van der Waals surface area contributed by atoms with E-state index in [0.29, 0.717) is 11.8 Å². The molecule has 0 bridgehead atoms. The summed E-state index contributed by atoms with van der Waals surface area (Å²) in [5, 5.41) is 4.56. The minimum absolute atomic E-state index is 0.0156. The van der Waals surface area contributed by atoms with E-state index in [1.54, 1.807) is 6.07 Å². The molecule has 1 aliphatic rings. The van der Waals surface area contributed by atoms with E-state index in [2.05, 4.69) is 10.6 Å². The van der Waals surface area contributed by atoms with E-state index >= 15 is 0 Å².